The molecule has 8 atom stereocenters. The number of benzene rings is 5. The van der Waals surface area contributed by atoms with Crippen molar-refractivity contribution < 1.29 is 41.0 Å². The summed E-state index contributed by atoms with van der Waals surface area (Å²) in [4.78, 5) is 22.8. The molecule has 9 rings (SSSR count). The Morgan fingerprint density at radius 3 is 1.29 bits per heavy atom. The van der Waals surface area contributed by atoms with Crippen LogP contribution in [0.3, 0.4) is 0 Å². The molecule has 0 heterocycles. The molecule has 4 aliphatic rings. The first kappa shape index (κ1) is 51.3. The van der Waals surface area contributed by atoms with Crippen molar-refractivity contribution in [2.24, 2.45) is 47.0 Å². The van der Waals surface area contributed by atoms with Crippen LogP contribution in [0, 0.1) is 64.6 Å². The minimum absolute atomic E-state index is 0.0308. The van der Waals surface area contributed by atoms with Crippen LogP contribution >= 0.6 is 0 Å². The molecule has 4 aliphatic carbocycles. The molecule has 0 amide bonds. The molecule has 5 aromatic carbocycles. The molecule has 0 aromatic heterocycles. The number of nitrogens with two attached hydrogens (primary N) is 2. The highest BCUT2D eigenvalue weighted by molar-refractivity contribution is 5.76. The van der Waals surface area contributed by atoms with Gasteiger partial charge in [0.1, 0.15) is 29.1 Å². The van der Waals surface area contributed by atoms with Crippen molar-refractivity contribution in [3.63, 3.8) is 0 Å². The van der Waals surface area contributed by atoms with Crippen LogP contribution in [0.25, 0.3) is 0 Å². The molecule has 4 fully saturated rings. The first-order valence-electron chi connectivity index (χ1n) is 22.9. The molecular formula is C55H63F5N2O4. The Labute approximate surface area is 386 Å². The van der Waals surface area contributed by atoms with Gasteiger partial charge in [-0.25, -0.2) is 22.0 Å². The van der Waals surface area contributed by atoms with Crippen molar-refractivity contribution in [1.29, 1.82) is 0 Å². The highest BCUT2D eigenvalue weighted by Crippen LogP contribution is 2.46. The van der Waals surface area contributed by atoms with E-state index in [1.807, 2.05) is 44.2 Å². The molecule has 352 valence electrons. The number of rotatable bonds is 14. The zero-order valence-electron chi connectivity index (χ0n) is 37.9. The summed E-state index contributed by atoms with van der Waals surface area (Å²) in [5.41, 5.74) is 16.2. The molecule has 11 heteroatoms. The summed E-state index contributed by atoms with van der Waals surface area (Å²) in [6.07, 6.45) is 8.91. The Morgan fingerprint density at radius 1 is 0.561 bits per heavy atom. The van der Waals surface area contributed by atoms with Crippen molar-refractivity contribution in [3.05, 3.63) is 191 Å². The van der Waals surface area contributed by atoms with Crippen LogP contribution < -0.4 is 11.5 Å². The Kier molecular flexibility index (Phi) is 20.1. The highest BCUT2D eigenvalue weighted by Gasteiger charge is 2.44. The molecule has 4 N–H and O–H groups in total. The molecule has 5 aromatic rings. The van der Waals surface area contributed by atoms with E-state index in [1.165, 1.54) is 48.5 Å². The van der Waals surface area contributed by atoms with E-state index in [4.69, 9.17) is 20.9 Å². The SMILES string of the molecule is C=CCc1cccc(F)c1.CCOC(=O)C1CC1Cc1cccc(F)c1.CCOC(=O)C1CC1Cc1cccc(F)c1.NC1CC1Cc1cccc(F)c1.NCC1CC1c1cccc(F)c1. The highest BCUT2D eigenvalue weighted by atomic mass is 19.1. The number of ether oxygens (including phenoxy) is 2. The minimum atomic E-state index is -0.217. The largest absolute Gasteiger partial charge is 0.466 e. The van der Waals surface area contributed by atoms with E-state index in [0.29, 0.717) is 48.8 Å². The second kappa shape index (κ2) is 25.9. The van der Waals surface area contributed by atoms with Crippen LogP contribution in [-0.2, 0) is 44.7 Å². The monoisotopic (exact) mass is 910 g/mol. The maximum atomic E-state index is 12.9. The van der Waals surface area contributed by atoms with Crippen LogP contribution in [0.15, 0.2) is 134 Å². The number of esters is 2. The third kappa shape index (κ3) is 18.0. The molecule has 0 radical (unpaired) electrons. The zero-order valence-corrected chi connectivity index (χ0v) is 37.9. The number of carbonyl (C=O) groups is 2. The summed E-state index contributed by atoms with van der Waals surface area (Å²) in [5, 5.41) is 0. The van der Waals surface area contributed by atoms with Crippen LogP contribution in [0.1, 0.15) is 73.3 Å². The van der Waals surface area contributed by atoms with Crippen molar-refractivity contribution in [2.45, 2.75) is 77.2 Å². The average molecular weight is 911 g/mol. The van der Waals surface area contributed by atoms with Gasteiger partial charge in [0, 0.05) is 6.04 Å². The number of allylic oxidation sites excluding steroid dienone is 1. The van der Waals surface area contributed by atoms with Crippen LogP contribution in [0.4, 0.5) is 22.0 Å². The Balaban J connectivity index is 0.000000156. The summed E-state index contributed by atoms with van der Waals surface area (Å²) in [5.74, 6) is 1.30. The van der Waals surface area contributed by atoms with Gasteiger partial charge in [-0.2, -0.15) is 0 Å². The fourth-order valence-electron chi connectivity index (χ4n) is 7.91. The van der Waals surface area contributed by atoms with Gasteiger partial charge in [0.25, 0.3) is 0 Å². The van der Waals surface area contributed by atoms with Gasteiger partial charge < -0.3 is 20.9 Å². The third-order valence-corrected chi connectivity index (χ3v) is 11.9. The summed E-state index contributed by atoms with van der Waals surface area (Å²) in [6.45, 7) is 8.77. The summed E-state index contributed by atoms with van der Waals surface area (Å²) in [7, 11) is 0. The van der Waals surface area contributed by atoms with Crippen molar-refractivity contribution >= 4 is 11.9 Å². The molecule has 4 saturated carbocycles. The smallest absolute Gasteiger partial charge is 0.309 e. The minimum Gasteiger partial charge on any atom is -0.466 e. The van der Waals surface area contributed by atoms with E-state index < -0.39 is 0 Å². The van der Waals surface area contributed by atoms with Gasteiger partial charge in [-0.05, 0) is 190 Å². The van der Waals surface area contributed by atoms with E-state index >= 15 is 0 Å². The summed E-state index contributed by atoms with van der Waals surface area (Å²) in [6, 6.07) is 33.6. The van der Waals surface area contributed by atoms with Crippen molar-refractivity contribution in [2.75, 3.05) is 19.8 Å². The molecule has 0 bridgehead atoms. The third-order valence-electron chi connectivity index (χ3n) is 11.9. The van der Waals surface area contributed by atoms with E-state index in [1.54, 1.807) is 48.5 Å². The van der Waals surface area contributed by atoms with Gasteiger partial charge in [0.05, 0.1) is 25.0 Å². The maximum absolute atomic E-state index is 12.9. The van der Waals surface area contributed by atoms with E-state index in [9.17, 15) is 31.5 Å². The zero-order chi connectivity index (χ0) is 47.6. The first-order valence-corrected chi connectivity index (χ1v) is 22.9. The van der Waals surface area contributed by atoms with Crippen LogP contribution in [-0.4, -0.2) is 37.7 Å². The fourth-order valence-corrected chi connectivity index (χ4v) is 7.91. The predicted octanol–water partition coefficient (Wildman–Crippen LogP) is 11.3. The van der Waals surface area contributed by atoms with Gasteiger partial charge in [-0.1, -0.05) is 66.7 Å². The predicted molar refractivity (Wildman–Crippen MR) is 249 cm³/mol. The number of carbonyl (C=O) groups excluding carboxylic acids is 2. The van der Waals surface area contributed by atoms with Gasteiger partial charge in [0.15, 0.2) is 0 Å². The van der Waals surface area contributed by atoms with Gasteiger partial charge in [-0.3, -0.25) is 9.59 Å². The first-order chi connectivity index (χ1) is 31.8. The maximum Gasteiger partial charge on any atom is 0.309 e. The van der Waals surface area contributed by atoms with Crippen molar-refractivity contribution in [3.8, 4) is 0 Å². The number of hydrogen-bond donors (Lipinski definition) is 2. The fraction of sp³-hybridized carbons (Fsp3) is 0.382. The molecule has 6 nitrogen and oxygen atoms in total. The van der Waals surface area contributed by atoms with Crippen LogP contribution in [0.2, 0.25) is 0 Å². The molecule has 0 spiro atoms. The molecule has 66 heavy (non-hydrogen) atoms. The summed E-state index contributed by atoms with van der Waals surface area (Å²) < 4.78 is 73.6. The Hall–Kier alpha value is -5.65. The summed E-state index contributed by atoms with van der Waals surface area (Å²) >= 11 is 0. The van der Waals surface area contributed by atoms with Gasteiger partial charge >= 0.3 is 11.9 Å². The normalized spacial score (nSPS) is 22.4. The standard InChI is InChI=1S/2C13H15FO2.2C10H12FN.C9H9F/c2*1-2-16-13(15)12-8-10(12)6-9-4-3-5-11(14)7-9;11-9-3-1-2-7(4-9)10-5-8(10)6-12;11-9-3-1-2-7(5-9)4-8-6-10(8)12;1-2-4-8-5-3-6-9(10)7-8/h2*3-5,7,10,12H,2,6,8H2,1H3;1-4,8,10H,5-6,12H2;1-3,5,8,10H,4,6,12H2;2-3,5-7H,1,4H2. The van der Waals surface area contributed by atoms with Crippen molar-refractivity contribution in [1.82, 2.24) is 0 Å². The van der Waals surface area contributed by atoms with Gasteiger partial charge in [0.2, 0.25) is 0 Å². The second-order valence-electron chi connectivity index (χ2n) is 17.4. The lowest BCUT2D eigenvalue weighted by Crippen LogP contribution is -2.08. The Morgan fingerprint density at radius 2 is 0.939 bits per heavy atom. The number of halogens is 5. The average Bonchev–Trinajstić information content (AvgIpc) is 4.09. The lowest BCUT2D eigenvalue weighted by molar-refractivity contribution is -0.145. The molecule has 0 saturated heterocycles. The second-order valence-corrected chi connectivity index (χ2v) is 17.4. The lowest BCUT2D eigenvalue weighted by Gasteiger charge is -2.01. The van der Waals surface area contributed by atoms with Crippen LogP contribution in [0.5, 0.6) is 0 Å². The molecule has 8 unspecified atom stereocenters. The quantitative estimate of drug-likeness (QED) is 0.0653. The molecular weight excluding hydrogens is 848 g/mol. The molecule has 0 aliphatic heterocycles. The lowest BCUT2D eigenvalue weighted by atomic mass is 10.1. The number of hydrogen-bond acceptors (Lipinski definition) is 6. The van der Waals surface area contributed by atoms with Gasteiger partial charge in [-0.15, -0.1) is 6.58 Å². The Bertz CT molecular complexity index is 2250. The van der Waals surface area contributed by atoms with E-state index in [-0.39, 0.29) is 52.9 Å². The van der Waals surface area contributed by atoms with E-state index in [2.05, 4.69) is 6.58 Å². The topological polar surface area (TPSA) is 105 Å². The van der Waals surface area contributed by atoms with E-state index in [0.717, 1.165) is 85.7 Å².